The fourth-order valence-electron chi connectivity index (χ4n) is 1.39. The van der Waals surface area contributed by atoms with Gasteiger partial charge in [0.1, 0.15) is 5.75 Å². The van der Waals surface area contributed by atoms with Gasteiger partial charge >= 0.3 is 0 Å². The first kappa shape index (κ1) is 11.0. The zero-order valence-corrected chi connectivity index (χ0v) is 8.95. The van der Waals surface area contributed by atoms with Crippen LogP contribution in [0, 0.1) is 0 Å². The minimum absolute atomic E-state index is 0.0738. The molecule has 0 spiro atoms. The van der Waals surface area contributed by atoms with Crippen LogP contribution in [0.5, 0.6) is 5.75 Å². The summed E-state index contributed by atoms with van der Waals surface area (Å²) in [5.74, 6) is 0.871. The summed E-state index contributed by atoms with van der Waals surface area (Å²) in [5, 5.41) is 9.01. The predicted molar refractivity (Wildman–Crippen MR) is 56.3 cm³/mol. The first-order chi connectivity index (χ1) is 6.67. The minimum atomic E-state index is 0.0738. The first-order valence-electron chi connectivity index (χ1n) is 4.58. The summed E-state index contributed by atoms with van der Waals surface area (Å²) in [7, 11) is 5.67. The van der Waals surface area contributed by atoms with Crippen molar-refractivity contribution in [2.45, 2.75) is 13.2 Å². The van der Waals surface area contributed by atoms with E-state index in [2.05, 4.69) is 4.90 Å². The molecule has 0 unspecified atom stereocenters. The number of aliphatic hydroxyl groups is 1. The van der Waals surface area contributed by atoms with Crippen LogP contribution in [0.1, 0.15) is 11.1 Å². The maximum Gasteiger partial charge on any atom is 0.123 e. The second kappa shape index (κ2) is 4.98. The van der Waals surface area contributed by atoms with Gasteiger partial charge in [0, 0.05) is 12.1 Å². The fourth-order valence-corrected chi connectivity index (χ4v) is 1.39. The van der Waals surface area contributed by atoms with Crippen molar-refractivity contribution in [2.75, 3.05) is 21.2 Å². The van der Waals surface area contributed by atoms with Crippen molar-refractivity contribution in [1.82, 2.24) is 4.90 Å². The SMILES string of the molecule is COc1ccc(CO)cc1CN(C)C. The molecular formula is C11H17NO2. The quantitative estimate of drug-likeness (QED) is 0.784. The van der Waals surface area contributed by atoms with Crippen LogP contribution >= 0.6 is 0 Å². The number of rotatable bonds is 4. The summed E-state index contributed by atoms with van der Waals surface area (Å²) in [6, 6.07) is 5.74. The van der Waals surface area contributed by atoms with Gasteiger partial charge in [0.15, 0.2) is 0 Å². The van der Waals surface area contributed by atoms with E-state index in [0.29, 0.717) is 0 Å². The molecule has 1 rings (SSSR count). The highest BCUT2D eigenvalue weighted by molar-refractivity contribution is 5.37. The Labute approximate surface area is 84.9 Å². The predicted octanol–water partition coefficient (Wildman–Crippen LogP) is 1.25. The Bertz CT molecular complexity index is 297. The highest BCUT2D eigenvalue weighted by Crippen LogP contribution is 2.20. The summed E-state index contributed by atoms with van der Waals surface area (Å²) in [6.07, 6.45) is 0. The second-order valence-corrected chi connectivity index (χ2v) is 3.54. The van der Waals surface area contributed by atoms with Gasteiger partial charge in [-0.2, -0.15) is 0 Å². The molecule has 14 heavy (non-hydrogen) atoms. The van der Waals surface area contributed by atoms with E-state index in [1.807, 2.05) is 32.3 Å². The molecule has 0 fully saturated rings. The topological polar surface area (TPSA) is 32.7 Å². The molecule has 3 nitrogen and oxygen atoms in total. The lowest BCUT2D eigenvalue weighted by atomic mass is 10.1. The van der Waals surface area contributed by atoms with Crippen LogP contribution in [0.25, 0.3) is 0 Å². The number of methoxy groups -OCH3 is 1. The zero-order chi connectivity index (χ0) is 10.6. The van der Waals surface area contributed by atoms with Gasteiger partial charge in [-0.25, -0.2) is 0 Å². The van der Waals surface area contributed by atoms with E-state index in [4.69, 9.17) is 9.84 Å². The number of ether oxygens (including phenoxy) is 1. The smallest absolute Gasteiger partial charge is 0.123 e. The number of benzene rings is 1. The molecule has 3 heteroatoms. The highest BCUT2D eigenvalue weighted by Gasteiger charge is 2.04. The third kappa shape index (κ3) is 2.72. The lowest BCUT2D eigenvalue weighted by Crippen LogP contribution is -2.11. The molecule has 0 aromatic heterocycles. The Morgan fingerprint density at radius 3 is 2.57 bits per heavy atom. The number of aliphatic hydroxyl groups excluding tert-OH is 1. The van der Waals surface area contributed by atoms with Gasteiger partial charge in [0.2, 0.25) is 0 Å². The van der Waals surface area contributed by atoms with E-state index in [-0.39, 0.29) is 6.61 Å². The van der Waals surface area contributed by atoms with Crippen LogP contribution in [0.3, 0.4) is 0 Å². The van der Waals surface area contributed by atoms with Crippen LogP contribution in [-0.2, 0) is 13.2 Å². The molecule has 0 saturated carbocycles. The van der Waals surface area contributed by atoms with Gasteiger partial charge in [-0.15, -0.1) is 0 Å². The maximum atomic E-state index is 9.01. The largest absolute Gasteiger partial charge is 0.496 e. The molecule has 1 aromatic carbocycles. The van der Waals surface area contributed by atoms with Crippen LogP contribution < -0.4 is 4.74 Å². The van der Waals surface area contributed by atoms with E-state index in [1.165, 1.54) is 0 Å². The molecule has 0 saturated heterocycles. The van der Waals surface area contributed by atoms with Crippen molar-refractivity contribution < 1.29 is 9.84 Å². The summed E-state index contributed by atoms with van der Waals surface area (Å²) in [6.45, 7) is 0.890. The van der Waals surface area contributed by atoms with Crippen molar-refractivity contribution in [3.63, 3.8) is 0 Å². The monoisotopic (exact) mass is 195 g/mol. The van der Waals surface area contributed by atoms with Crippen LogP contribution in [0.2, 0.25) is 0 Å². The normalized spacial score (nSPS) is 10.6. The lowest BCUT2D eigenvalue weighted by molar-refractivity contribution is 0.281. The van der Waals surface area contributed by atoms with Gasteiger partial charge < -0.3 is 14.7 Å². The molecular weight excluding hydrogens is 178 g/mol. The van der Waals surface area contributed by atoms with Gasteiger partial charge in [0.05, 0.1) is 13.7 Å². The number of hydrogen-bond donors (Lipinski definition) is 1. The van der Waals surface area contributed by atoms with E-state index in [0.717, 1.165) is 23.4 Å². The summed E-state index contributed by atoms with van der Waals surface area (Å²) in [4.78, 5) is 2.07. The van der Waals surface area contributed by atoms with Crippen molar-refractivity contribution in [3.05, 3.63) is 29.3 Å². The van der Waals surface area contributed by atoms with E-state index < -0.39 is 0 Å². The average Bonchev–Trinajstić information content (AvgIpc) is 2.16. The van der Waals surface area contributed by atoms with Crippen molar-refractivity contribution >= 4 is 0 Å². The Kier molecular flexibility index (Phi) is 3.92. The third-order valence-electron chi connectivity index (χ3n) is 2.01. The fraction of sp³-hybridized carbons (Fsp3) is 0.455. The van der Waals surface area contributed by atoms with E-state index in [1.54, 1.807) is 7.11 Å². The average molecular weight is 195 g/mol. The molecule has 0 amide bonds. The van der Waals surface area contributed by atoms with Gasteiger partial charge in [-0.1, -0.05) is 6.07 Å². The number of hydrogen-bond acceptors (Lipinski definition) is 3. The molecule has 0 atom stereocenters. The molecule has 0 bridgehead atoms. The summed E-state index contributed by atoms with van der Waals surface area (Å²) < 4.78 is 5.24. The molecule has 1 aromatic rings. The molecule has 0 aliphatic carbocycles. The molecule has 0 aliphatic rings. The number of nitrogens with zero attached hydrogens (tertiary/aromatic N) is 1. The highest BCUT2D eigenvalue weighted by atomic mass is 16.5. The molecule has 0 aliphatic heterocycles. The molecule has 0 heterocycles. The first-order valence-corrected chi connectivity index (χ1v) is 4.58. The van der Waals surface area contributed by atoms with Crippen LogP contribution in [-0.4, -0.2) is 31.2 Å². The van der Waals surface area contributed by atoms with Gasteiger partial charge in [-0.3, -0.25) is 0 Å². The summed E-state index contributed by atoms with van der Waals surface area (Å²) in [5.41, 5.74) is 2.02. The second-order valence-electron chi connectivity index (χ2n) is 3.54. The minimum Gasteiger partial charge on any atom is -0.496 e. The molecule has 0 radical (unpaired) electrons. The Morgan fingerprint density at radius 2 is 2.07 bits per heavy atom. The molecule has 1 N–H and O–H groups in total. The molecule has 78 valence electrons. The van der Waals surface area contributed by atoms with Crippen LogP contribution in [0.4, 0.5) is 0 Å². The third-order valence-corrected chi connectivity index (χ3v) is 2.01. The van der Waals surface area contributed by atoms with Crippen molar-refractivity contribution in [3.8, 4) is 5.75 Å². The van der Waals surface area contributed by atoms with Crippen molar-refractivity contribution in [1.29, 1.82) is 0 Å². The Balaban J connectivity index is 2.96. The zero-order valence-electron chi connectivity index (χ0n) is 8.95. The van der Waals surface area contributed by atoms with E-state index >= 15 is 0 Å². The van der Waals surface area contributed by atoms with Gasteiger partial charge in [0.25, 0.3) is 0 Å². The van der Waals surface area contributed by atoms with Crippen molar-refractivity contribution in [2.24, 2.45) is 0 Å². The Morgan fingerprint density at radius 1 is 1.36 bits per heavy atom. The van der Waals surface area contributed by atoms with Gasteiger partial charge in [-0.05, 0) is 31.8 Å². The van der Waals surface area contributed by atoms with E-state index in [9.17, 15) is 0 Å². The maximum absolute atomic E-state index is 9.01. The van der Waals surface area contributed by atoms with Crippen LogP contribution in [0.15, 0.2) is 18.2 Å². The standard InChI is InChI=1S/C11H17NO2/c1-12(2)7-10-6-9(8-13)4-5-11(10)14-3/h4-6,13H,7-8H2,1-3H3. The lowest BCUT2D eigenvalue weighted by Gasteiger charge is -2.14. The summed E-state index contributed by atoms with van der Waals surface area (Å²) >= 11 is 0. The Hall–Kier alpha value is -1.06.